The fourth-order valence-electron chi connectivity index (χ4n) is 3.07. The highest BCUT2D eigenvalue weighted by Gasteiger charge is 2.35. The van der Waals surface area contributed by atoms with Crippen molar-refractivity contribution in [2.24, 2.45) is 10.9 Å². The SMILES string of the molecule is CN=C(NCc1ccc(N2CCOCC2)cc1C(F)(F)F)NC1CC1C. The molecule has 8 heteroatoms. The van der Waals surface area contributed by atoms with Crippen LogP contribution in [0.4, 0.5) is 18.9 Å². The predicted octanol–water partition coefficient (Wildman–Crippen LogP) is 2.62. The molecule has 0 aromatic heterocycles. The molecule has 0 bridgehead atoms. The van der Waals surface area contributed by atoms with Crippen LogP contribution in [0.3, 0.4) is 0 Å². The molecule has 1 heterocycles. The van der Waals surface area contributed by atoms with Crippen LogP contribution < -0.4 is 15.5 Å². The lowest BCUT2D eigenvalue weighted by Crippen LogP contribution is -2.39. The molecule has 5 nitrogen and oxygen atoms in total. The summed E-state index contributed by atoms with van der Waals surface area (Å²) in [7, 11) is 1.62. The van der Waals surface area contributed by atoms with Crippen molar-refractivity contribution in [3.8, 4) is 0 Å². The van der Waals surface area contributed by atoms with E-state index < -0.39 is 11.7 Å². The van der Waals surface area contributed by atoms with Crippen molar-refractivity contribution >= 4 is 11.6 Å². The van der Waals surface area contributed by atoms with E-state index >= 15 is 0 Å². The Labute approximate surface area is 151 Å². The number of rotatable bonds is 4. The molecule has 1 saturated heterocycles. The van der Waals surface area contributed by atoms with Gasteiger partial charge in [-0.3, -0.25) is 4.99 Å². The zero-order valence-corrected chi connectivity index (χ0v) is 15.1. The molecular weight excluding hydrogens is 345 g/mol. The van der Waals surface area contributed by atoms with E-state index in [4.69, 9.17) is 4.74 Å². The maximum atomic E-state index is 13.6. The first-order valence-corrected chi connectivity index (χ1v) is 8.88. The third kappa shape index (κ3) is 4.60. The van der Waals surface area contributed by atoms with Gasteiger partial charge in [0.1, 0.15) is 0 Å². The van der Waals surface area contributed by atoms with Crippen molar-refractivity contribution in [3.05, 3.63) is 29.3 Å². The van der Waals surface area contributed by atoms with Crippen LogP contribution in [0, 0.1) is 5.92 Å². The van der Waals surface area contributed by atoms with E-state index in [2.05, 4.69) is 22.5 Å². The summed E-state index contributed by atoms with van der Waals surface area (Å²) in [4.78, 5) is 6.01. The first kappa shape index (κ1) is 18.8. The smallest absolute Gasteiger partial charge is 0.378 e. The molecule has 0 radical (unpaired) electrons. The second-order valence-electron chi connectivity index (χ2n) is 6.83. The number of nitrogens with one attached hydrogen (secondary N) is 2. The Balaban J connectivity index is 1.72. The molecule has 1 aromatic carbocycles. The van der Waals surface area contributed by atoms with Crippen molar-refractivity contribution in [3.63, 3.8) is 0 Å². The van der Waals surface area contributed by atoms with Gasteiger partial charge in [0, 0.05) is 38.4 Å². The summed E-state index contributed by atoms with van der Waals surface area (Å²) < 4.78 is 45.9. The maximum absolute atomic E-state index is 13.6. The summed E-state index contributed by atoms with van der Waals surface area (Å²) in [5, 5.41) is 6.21. The van der Waals surface area contributed by atoms with Crippen LogP contribution in [0.5, 0.6) is 0 Å². The van der Waals surface area contributed by atoms with Crippen LogP contribution in [0.15, 0.2) is 23.2 Å². The molecule has 2 fully saturated rings. The number of halogens is 3. The second-order valence-corrected chi connectivity index (χ2v) is 6.83. The molecular formula is C18H25F3N4O. The Morgan fingerprint density at radius 1 is 1.31 bits per heavy atom. The fourth-order valence-corrected chi connectivity index (χ4v) is 3.07. The van der Waals surface area contributed by atoms with Gasteiger partial charge in [-0.05, 0) is 30.0 Å². The molecule has 1 saturated carbocycles. The van der Waals surface area contributed by atoms with E-state index in [9.17, 15) is 13.2 Å². The Morgan fingerprint density at radius 2 is 2.00 bits per heavy atom. The summed E-state index contributed by atoms with van der Waals surface area (Å²) in [6.07, 6.45) is -3.34. The first-order chi connectivity index (χ1) is 12.4. The van der Waals surface area contributed by atoms with Crippen molar-refractivity contribution in [2.45, 2.75) is 32.1 Å². The number of hydrogen-bond donors (Lipinski definition) is 2. The van der Waals surface area contributed by atoms with Gasteiger partial charge in [0.25, 0.3) is 0 Å². The van der Waals surface area contributed by atoms with E-state index in [-0.39, 0.29) is 12.1 Å². The molecule has 1 aliphatic heterocycles. The average molecular weight is 370 g/mol. The second kappa shape index (κ2) is 7.73. The quantitative estimate of drug-likeness (QED) is 0.632. The highest BCUT2D eigenvalue weighted by Crippen LogP contribution is 2.35. The number of anilines is 1. The largest absolute Gasteiger partial charge is 0.416 e. The minimum Gasteiger partial charge on any atom is -0.378 e. The molecule has 2 N–H and O–H groups in total. The highest BCUT2D eigenvalue weighted by molar-refractivity contribution is 5.80. The lowest BCUT2D eigenvalue weighted by Gasteiger charge is -2.29. The summed E-state index contributed by atoms with van der Waals surface area (Å²) in [5.74, 6) is 1.11. The van der Waals surface area contributed by atoms with E-state index in [0.29, 0.717) is 49.9 Å². The Kier molecular flexibility index (Phi) is 5.60. The van der Waals surface area contributed by atoms with Crippen molar-refractivity contribution in [1.82, 2.24) is 10.6 Å². The van der Waals surface area contributed by atoms with Gasteiger partial charge in [-0.25, -0.2) is 0 Å². The third-order valence-electron chi connectivity index (χ3n) is 4.88. The van der Waals surface area contributed by atoms with Gasteiger partial charge in [-0.15, -0.1) is 0 Å². The molecule has 1 aliphatic carbocycles. The Morgan fingerprint density at radius 3 is 2.58 bits per heavy atom. The lowest BCUT2D eigenvalue weighted by atomic mass is 10.0. The van der Waals surface area contributed by atoms with Crippen LogP contribution >= 0.6 is 0 Å². The summed E-state index contributed by atoms with van der Waals surface area (Å²) in [6, 6.07) is 4.89. The van der Waals surface area contributed by atoms with E-state index in [1.54, 1.807) is 19.2 Å². The van der Waals surface area contributed by atoms with Crippen LogP contribution in [0.1, 0.15) is 24.5 Å². The average Bonchev–Trinajstić information content (AvgIpc) is 3.33. The number of benzene rings is 1. The van der Waals surface area contributed by atoms with Crippen LogP contribution in [-0.2, 0) is 17.5 Å². The number of hydrogen-bond acceptors (Lipinski definition) is 3. The molecule has 0 amide bonds. The maximum Gasteiger partial charge on any atom is 0.416 e. The number of guanidine groups is 1. The van der Waals surface area contributed by atoms with Crippen LogP contribution in [0.25, 0.3) is 0 Å². The van der Waals surface area contributed by atoms with Crippen LogP contribution in [0.2, 0.25) is 0 Å². The van der Waals surface area contributed by atoms with Gasteiger partial charge in [-0.2, -0.15) is 13.2 Å². The molecule has 144 valence electrons. The first-order valence-electron chi connectivity index (χ1n) is 8.88. The summed E-state index contributed by atoms with van der Waals surface area (Å²) >= 11 is 0. The molecule has 2 unspecified atom stereocenters. The third-order valence-corrected chi connectivity index (χ3v) is 4.88. The number of alkyl halides is 3. The predicted molar refractivity (Wildman–Crippen MR) is 95.4 cm³/mol. The normalized spacial score (nSPS) is 23.7. The van der Waals surface area contributed by atoms with Gasteiger partial charge >= 0.3 is 6.18 Å². The number of nitrogens with zero attached hydrogens (tertiary/aromatic N) is 2. The standard InChI is InChI=1S/C18H25F3N4O/c1-12-9-16(12)24-17(22-2)23-11-13-3-4-14(10-15(13)18(19,20)21)25-5-7-26-8-6-25/h3-4,10,12,16H,5-9,11H2,1-2H3,(H2,22,23,24). The zero-order chi connectivity index (χ0) is 18.7. The van der Waals surface area contributed by atoms with Gasteiger partial charge in [0.15, 0.2) is 5.96 Å². The van der Waals surface area contributed by atoms with Crippen LogP contribution in [-0.4, -0.2) is 45.4 Å². The molecule has 3 rings (SSSR count). The van der Waals surface area contributed by atoms with E-state index in [1.807, 2.05) is 4.90 Å². The summed E-state index contributed by atoms with van der Waals surface area (Å²) in [6.45, 7) is 4.46. The van der Waals surface area contributed by atoms with Gasteiger partial charge in [-0.1, -0.05) is 13.0 Å². The minimum atomic E-state index is -4.40. The lowest BCUT2D eigenvalue weighted by molar-refractivity contribution is -0.138. The highest BCUT2D eigenvalue weighted by atomic mass is 19.4. The number of morpholine rings is 1. The Hall–Kier alpha value is -1.96. The van der Waals surface area contributed by atoms with Crippen molar-refractivity contribution in [2.75, 3.05) is 38.3 Å². The number of ether oxygens (including phenoxy) is 1. The molecule has 26 heavy (non-hydrogen) atoms. The molecule has 0 spiro atoms. The molecule has 2 atom stereocenters. The fraction of sp³-hybridized carbons (Fsp3) is 0.611. The monoisotopic (exact) mass is 370 g/mol. The van der Waals surface area contributed by atoms with Crippen molar-refractivity contribution < 1.29 is 17.9 Å². The molecule has 2 aliphatic rings. The summed E-state index contributed by atoms with van der Waals surface area (Å²) in [5.41, 5.74) is 0.184. The zero-order valence-electron chi connectivity index (χ0n) is 15.1. The van der Waals surface area contributed by atoms with Crippen molar-refractivity contribution in [1.29, 1.82) is 0 Å². The minimum absolute atomic E-state index is 0.0685. The van der Waals surface area contributed by atoms with Gasteiger partial charge in [0.05, 0.1) is 18.8 Å². The topological polar surface area (TPSA) is 48.9 Å². The van der Waals surface area contributed by atoms with Gasteiger partial charge in [0.2, 0.25) is 0 Å². The van der Waals surface area contributed by atoms with Gasteiger partial charge < -0.3 is 20.3 Å². The Bertz CT molecular complexity index is 656. The van der Waals surface area contributed by atoms with E-state index in [1.165, 1.54) is 6.07 Å². The molecule has 1 aromatic rings. The number of aliphatic imine (C=N–C) groups is 1. The van der Waals surface area contributed by atoms with E-state index in [0.717, 1.165) is 6.42 Å².